The number of rotatable bonds is 0. The molecule has 2 heterocycles. The van der Waals surface area contributed by atoms with Crippen LogP contribution in [0.5, 0.6) is 0 Å². The number of nitrogens with one attached hydrogen (secondary N) is 1. The predicted molar refractivity (Wildman–Crippen MR) is 90.3 cm³/mol. The molecule has 0 radical (unpaired) electrons. The molecule has 104 valence electrons. The summed E-state index contributed by atoms with van der Waals surface area (Å²) in [4.78, 5) is 6.54. The van der Waals surface area contributed by atoms with Crippen LogP contribution in [0.15, 0.2) is 75.4 Å². The number of aliphatic imine (C=N–C) groups is 1. The molecule has 0 amide bonds. The van der Waals surface area contributed by atoms with Gasteiger partial charge in [-0.15, -0.1) is 0 Å². The van der Waals surface area contributed by atoms with Crippen molar-refractivity contribution in [3.8, 4) is 0 Å². The lowest BCUT2D eigenvalue weighted by Crippen LogP contribution is -2.12. The molecule has 0 saturated heterocycles. The van der Waals surface area contributed by atoms with E-state index in [1.807, 2.05) is 25.3 Å². The van der Waals surface area contributed by atoms with E-state index in [9.17, 15) is 0 Å². The molecule has 1 atom stereocenters. The van der Waals surface area contributed by atoms with Gasteiger partial charge in [0, 0.05) is 21.7 Å². The Kier molecular flexibility index (Phi) is 4.85. The molecule has 0 bridgehead atoms. The Morgan fingerprint density at radius 3 is 2.85 bits per heavy atom. The van der Waals surface area contributed by atoms with Gasteiger partial charge in [-0.25, -0.2) is 0 Å². The lowest BCUT2D eigenvalue weighted by atomic mass is 10.1. The van der Waals surface area contributed by atoms with E-state index in [2.05, 4.69) is 48.6 Å². The van der Waals surface area contributed by atoms with Gasteiger partial charge in [-0.3, -0.25) is 4.99 Å². The third-order valence-corrected chi connectivity index (χ3v) is 3.68. The van der Waals surface area contributed by atoms with Gasteiger partial charge in [0.05, 0.1) is 11.4 Å². The number of nitrogens with zero attached hydrogens (tertiary/aromatic N) is 1. The first kappa shape index (κ1) is 14.7. The smallest absolute Gasteiger partial charge is 0.0871 e. The monoisotopic (exact) mass is 284 g/mol. The molecule has 20 heavy (non-hydrogen) atoms. The zero-order chi connectivity index (χ0) is 14.5. The third kappa shape index (κ3) is 4.14. The molecule has 2 aliphatic rings. The first-order valence-corrected chi connectivity index (χ1v) is 7.50. The summed E-state index contributed by atoms with van der Waals surface area (Å²) in [5.41, 5.74) is 2.94. The highest BCUT2D eigenvalue weighted by Crippen LogP contribution is 2.29. The van der Waals surface area contributed by atoms with Gasteiger partial charge in [-0.2, -0.15) is 0 Å². The van der Waals surface area contributed by atoms with Gasteiger partial charge < -0.3 is 5.32 Å². The molecule has 0 aromatic carbocycles. The average Bonchev–Trinajstić information content (AvgIpc) is 2.46. The Labute approximate surface area is 125 Å². The van der Waals surface area contributed by atoms with E-state index in [-0.39, 0.29) is 0 Å². The fraction of sp³-hybridized carbons (Fsp3) is 0.235. The minimum absolute atomic E-state index is 0.431. The first-order valence-electron chi connectivity index (χ1n) is 6.68. The molecule has 2 nitrogen and oxygen atoms in total. The number of fused-ring (bicyclic) bond motifs is 1. The van der Waals surface area contributed by atoms with Crippen LogP contribution >= 0.6 is 11.8 Å². The molecule has 0 fully saturated rings. The third-order valence-electron chi connectivity index (χ3n) is 2.92. The van der Waals surface area contributed by atoms with E-state index in [1.165, 1.54) is 0 Å². The molecule has 2 aliphatic heterocycles. The Bertz CT molecular complexity index is 574. The molecule has 0 aromatic heterocycles. The minimum Gasteiger partial charge on any atom is -0.357 e. The second kappa shape index (κ2) is 6.62. The number of hydrogen-bond acceptors (Lipinski definition) is 3. The summed E-state index contributed by atoms with van der Waals surface area (Å²) in [5.74, 6) is 0.431. The maximum absolute atomic E-state index is 4.63. The van der Waals surface area contributed by atoms with Crippen LogP contribution in [0.1, 0.15) is 20.3 Å². The normalized spacial score (nSPS) is 34.7. The van der Waals surface area contributed by atoms with Gasteiger partial charge in [-0.1, -0.05) is 44.0 Å². The number of allylic oxidation sites excluding steroid dienone is 6. The Balaban J connectivity index is 2.47. The van der Waals surface area contributed by atoms with Crippen molar-refractivity contribution in [1.82, 2.24) is 5.32 Å². The average molecular weight is 284 g/mol. The molecule has 1 N–H and O–H groups in total. The van der Waals surface area contributed by atoms with Crippen LogP contribution in [0.3, 0.4) is 0 Å². The van der Waals surface area contributed by atoms with Gasteiger partial charge in [0.15, 0.2) is 0 Å². The van der Waals surface area contributed by atoms with E-state index in [4.69, 9.17) is 0 Å². The van der Waals surface area contributed by atoms with Gasteiger partial charge in [0.2, 0.25) is 0 Å². The van der Waals surface area contributed by atoms with Crippen molar-refractivity contribution in [2.45, 2.75) is 20.3 Å². The largest absolute Gasteiger partial charge is 0.357 e. The van der Waals surface area contributed by atoms with E-state index in [1.54, 1.807) is 11.8 Å². The van der Waals surface area contributed by atoms with E-state index in [0.29, 0.717) is 5.92 Å². The maximum atomic E-state index is 4.63. The zero-order valence-electron chi connectivity index (χ0n) is 12.0. The molecule has 1 unspecified atom stereocenters. The molecule has 3 heteroatoms. The lowest BCUT2D eigenvalue weighted by molar-refractivity contribution is 0.807. The zero-order valence-corrected chi connectivity index (χ0v) is 12.8. The highest BCUT2D eigenvalue weighted by molar-refractivity contribution is 8.07. The van der Waals surface area contributed by atoms with Gasteiger partial charge >= 0.3 is 0 Å². The van der Waals surface area contributed by atoms with Crippen LogP contribution in [-0.2, 0) is 0 Å². The number of thioether (sulfide) groups is 1. The summed E-state index contributed by atoms with van der Waals surface area (Å²) in [6, 6.07) is 0. The quantitative estimate of drug-likeness (QED) is 0.698. The van der Waals surface area contributed by atoms with Crippen molar-refractivity contribution in [1.29, 1.82) is 0 Å². The summed E-state index contributed by atoms with van der Waals surface area (Å²) in [5, 5.41) is 3.40. The van der Waals surface area contributed by atoms with Gasteiger partial charge in [-0.05, 0) is 37.5 Å². The second-order valence-corrected chi connectivity index (χ2v) is 6.27. The van der Waals surface area contributed by atoms with E-state index < -0.39 is 0 Å². The summed E-state index contributed by atoms with van der Waals surface area (Å²) in [7, 11) is 0. The molecule has 0 spiro atoms. The van der Waals surface area contributed by atoms with Crippen molar-refractivity contribution in [2.75, 3.05) is 0 Å². The first-order chi connectivity index (χ1) is 9.54. The van der Waals surface area contributed by atoms with Crippen molar-refractivity contribution in [2.24, 2.45) is 10.9 Å². The highest BCUT2D eigenvalue weighted by atomic mass is 32.2. The molecule has 0 aromatic rings. The van der Waals surface area contributed by atoms with Gasteiger partial charge in [0.25, 0.3) is 0 Å². The summed E-state index contributed by atoms with van der Waals surface area (Å²) in [6.45, 7) is 12.3. The van der Waals surface area contributed by atoms with Crippen molar-refractivity contribution in [3.05, 3.63) is 70.4 Å². The van der Waals surface area contributed by atoms with Crippen molar-refractivity contribution >= 4 is 18.0 Å². The lowest BCUT2D eigenvalue weighted by Gasteiger charge is -2.11. The Hall–Kier alpha value is -1.74. The SMILES string of the molecule is C=C1/C=C(\C)N/C2=C/C=C/CC(C)/C=N\C2=C\C(=C)S1. The van der Waals surface area contributed by atoms with Crippen molar-refractivity contribution < 1.29 is 0 Å². The fourth-order valence-corrected chi connectivity index (χ4v) is 2.71. The molecule has 0 aliphatic carbocycles. The van der Waals surface area contributed by atoms with Crippen LogP contribution in [-0.4, -0.2) is 6.21 Å². The standard InChI is InChI=1S/C17H20N2S/c1-12-7-5-6-8-16-17(18-11-12)10-15(4)20-14(3)9-13(2)19-16/h5-6,8-12,19H,3-4,7H2,1-2H3/b6-5+,13-9+,16-8+,17-10+,18-11-. The highest BCUT2D eigenvalue weighted by Gasteiger charge is 2.10. The van der Waals surface area contributed by atoms with E-state index in [0.717, 1.165) is 33.3 Å². The second-order valence-electron chi connectivity index (χ2n) is 5.02. The van der Waals surface area contributed by atoms with Crippen LogP contribution in [0, 0.1) is 5.92 Å². The Morgan fingerprint density at radius 2 is 2.05 bits per heavy atom. The van der Waals surface area contributed by atoms with Crippen molar-refractivity contribution in [3.63, 3.8) is 0 Å². The summed E-state index contributed by atoms with van der Waals surface area (Å²) < 4.78 is 0. The molecular formula is C17H20N2S. The minimum atomic E-state index is 0.431. The number of hydrogen-bond donors (Lipinski definition) is 1. The van der Waals surface area contributed by atoms with Crippen LogP contribution in [0.25, 0.3) is 0 Å². The topological polar surface area (TPSA) is 24.4 Å². The van der Waals surface area contributed by atoms with Crippen LogP contribution in [0.2, 0.25) is 0 Å². The van der Waals surface area contributed by atoms with Crippen LogP contribution < -0.4 is 5.32 Å². The van der Waals surface area contributed by atoms with E-state index >= 15 is 0 Å². The molecular weight excluding hydrogens is 264 g/mol. The predicted octanol–water partition coefficient (Wildman–Crippen LogP) is 4.69. The Morgan fingerprint density at radius 1 is 1.30 bits per heavy atom. The maximum Gasteiger partial charge on any atom is 0.0871 e. The van der Waals surface area contributed by atoms with Gasteiger partial charge in [0.1, 0.15) is 0 Å². The summed E-state index contributed by atoms with van der Waals surface area (Å²) >= 11 is 1.57. The summed E-state index contributed by atoms with van der Waals surface area (Å²) in [6.07, 6.45) is 13.3. The molecule has 2 rings (SSSR count). The molecule has 0 saturated carbocycles. The fourth-order valence-electron chi connectivity index (χ4n) is 1.97. The van der Waals surface area contributed by atoms with Crippen LogP contribution in [0.4, 0.5) is 0 Å².